The average Bonchev–Trinajstić information content (AvgIpc) is 2.25. The Labute approximate surface area is 99.9 Å². The molecule has 0 radical (unpaired) electrons. The van der Waals surface area contributed by atoms with Crippen molar-refractivity contribution in [2.75, 3.05) is 0 Å². The molecule has 0 aliphatic rings. The topological polar surface area (TPSA) is 107 Å². The molecular weight excluding hydrogens is 249 g/mol. The van der Waals surface area contributed by atoms with Gasteiger partial charge in [0.25, 0.3) is 0 Å². The van der Waals surface area contributed by atoms with E-state index in [2.05, 4.69) is 4.74 Å². The van der Waals surface area contributed by atoms with Crippen molar-refractivity contribution in [3.63, 3.8) is 0 Å². The Bertz CT molecular complexity index is 501. The fourth-order valence-electron chi connectivity index (χ4n) is 1.13. The second-order valence-electron chi connectivity index (χ2n) is 3.27. The minimum Gasteiger partial charge on any atom is -0.481 e. The quantitative estimate of drug-likeness (QED) is 0.368. The fourth-order valence-corrected chi connectivity index (χ4v) is 1.13. The van der Waals surface area contributed by atoms with E-state index in [1.807, 2.05) is 0 Å². The van der Waals surface area contributed by atoms with E-state index in [0.717, 1.165) is 12.1 Å². The molecule has 0 heterocycles. The van der Waals surface area contributed by atoms with Crippen LogP contribution in [0.5, 0.6) is 0 Å². The lowest BCUT2D eigenvalue weighted by Gasteiger charge is -2.03. The van der Waals surface area contributed by atoms with Gasteiger partial charge in [-0.15, -0.1) is 0 Å². The van der Waals surface area contributed by atoms with Crippen molar-refractivity contribution in [1.82, 2.24) is 0 Å². The van der Waals surface area contributed by atoms with Crippen LogP contribution in [0.25, 0.3) is 0 Å². The van der Waals surface area contributed by atoms with Crippen molar-refractivity contribution in [1.29, 1.82) is 0 Å². The molecule has 0 aliphatic carbocycles. The number of nitro groups is 1. The molecule has 0 aromatic heterocycles. The van der Waals surface area contributed by atoms with Crippen LogP contribution in [0.4, 0.5) is 10.1 Å². The van der Waals surface area contributed by atoms with Gasteiger partial charge in [0.1, 0.15) is 13.0 Å². The molecule has 1 aromatic rings. The molecule has 0 fully saturated rings. The summed E-state index contributed by atoms with van der Waals surface area (Å²) in [7, 11) is 0. The zero-order valence-electron chi connectivity index (χ0n) is 8.96. The van der Waals surface area contributed by atoms with Gasteiger partial charge >= 0.3 is 17.6 Å². The predicted octanol–water partition coefficient (Wildman–Crippen LogP) is 1.25. The predicted molar refractivity (Wildman–Crippen MR) is 55.1 cm³/mol. The Morgan fingerprint density at radius 2 is 2.11 bits per heavy atom. The molecule has 0 saturated carbocycles. The first-order valence-electron chi connectivity index (χ1n) is 4.70. The maximum absolute atomic E-state index is 13.2. The van der Waals surface area contributed by atoms with Crippen LogP contribution in [0.3, 0.4) is 0 Å². The van der Waals surface area contributed by atoms with Gasteiger partial charge in [-0.05, 0) is 17.7 Å². The first-order chi connectivity index (χ1) is 8.40. The van der Waals surface area contributed by atoms with E-state index in [1.54, 1.807) is 0 Å². The number of carboxylic acids is 1. The zero-order chi connectivity index (χ0) is 13.7. The number of hydrogen-bond acceptors (Lipinski definition) is 5. The van der Waals surface area contributed by atoms with Crippen LogP contribution < -0.4 is 0 Å². The number of nitrogens with zero attached hydrogens (tertiary/aromatic N) is 1. The van der Waals surface area contributed by atoms with Crippen LogP contribution >= 0.6 is 0 Å². The number of hydrogen-bond donors (Lipinski definition) is 1. The van der Waals surface area contributed by atoms with E-state index in [0.29, 0.717) is 0 Å². The van der Waals surface area contributed by atoms with Gasteiger partial charge in [0, 0.05) is 6.07 Å². The smallest absolute Gasteiger partial charge is 0.317 e. The Hall–Kier alpha value is -2.51. The zero-order valence-corrected chi connectivity index (χ0v) is 8.96. The number of esters is 1. The highest BCUT2D eigenvalue weighted by Gasteiger charge is 2.15. The molecule has 96 valence electrons. The number of carboxylic acid groups (broad SMARTS) is 1. The second kappa shape index (κ2) is 5.71. The van der Waals surface area contributed by atoms with Crippen LogP contribution in [0.1, 0.15) is 12.0 Å². The Morgan fingerprint density at radius 3 is 2.61 bits per heavy atom. The third kappa shape index (κ3) is 3.81. The summed E-state index contributed by atoms with van der Waals surface area (Å²) in [4.78, 5) is 30.5. The number of halogens is 1. The van der Waals surface area contributed by atoms with Gasteiger partial charge in [-0.25, -0.2) is 0 Å². The molecule has 1 rings (SSSR count). The molecule has 0 unspecified atom stereocenters. The lowest BCUT2D eigenvalue weighted by molar-refractivity contribution is -0.387. The summed E-state index contributed by atoms with van der Waals surface area (Å²) in [6.07, 6.45) is -0.796. The highest BCUT2D eigenvalue weighted by atomic mass is 19.1. The van der Waals surface area contributed by atoms with Crippen molar-refractivity contribution in [3.8, 4) is 0 Å². The van der Waals surface area contributed by atoms with Gasteiger partial charge in [-0.3, -0.25) is 19.7 Å². The molecule has 0 aliphatic heterocycles. The van der Waals surface area contributed by atoms with Gasteiger partial charge < -0.3 is 9.84 Å². The van der Waals surface area contributed by atoms with Crippen molar-refractivity contribution >= 4 is 17.6 Å². The molecule has 0 saturated heterocycles. The van der Waals surface area contributed by atoms with Crippen molar-refractivity contribution in [3.05, 3.63) is 39.7 Å². The molecule has 1 N–H and O–H groups in total. The largest absolute Gasteiger partial charge is 0.481 e. The Morgan fingerprint density at radius 1 is 1.44 bits per heavy atom. The summed E-state index contributed by atoms with van der Waals surface area (Å²) in [5.74, 6) is -3.36. The highest BCUT2D eigenvalue weighted by Crippen LogP contribution is 2.18. The monoisotopic (exact) mass is 257 g/mol. The van der Waals surface area contributed by atoms with Gasteiger partial charge in [0.2, 0.25) is 5.82 Å². The van der Waals surface area contributed by atoms with Crippen molar-refractivity contribution in [2.24, 2.45) is 0 Å². The summed E-state index contributed by atoms with van der Waals surface area (Å²) in [5.41, 5.74) is -0.493. The van der Waals surface area contributed by atoms with E-state index < -0.39 is 34.8 Å². The summed E-state index contributed by atoms with van der Waals surface area (Å²) in [5, 5.41) is 18.6. The number of benzene rings is 1. The fraction of sp³-hybridized carbons (Fsp3) is 0.200. The van der Waals surface area contributed by atoms with Gasteiger partial charge in [0.05, 0.1) is 4.92 Å². The van der Waals surface area contributed by atoms with E-state index in [1.165, 1.54) is 6.07 Å². The van der Waals surface area contributed by atoms with Crippen molar-refractivity contribution < 1.29 is 28.7 Å². The number of carbonyl (C=O) groups is 2. The van der Waals surface area contributed by atoms with Crippen molar-refractivity contribution in [2.45, 2.75) is 13.0 Å². The normalized spacial score (nSPS) is 9.83. The number of nitro benzene ring substituents is 1. The van der Waals surface area contributed by atoms with Crippen LogP contribution in [-0.4, -0.2) is 22.0 Å². The van der Waals surface area contributed by atoms with Crippen LogP contribution in [0.15, 0.2) is 18.2 Å². The molecule has 7 nitrogen and oxygen atoms in total. The summed E-state index contributed by atoms with van der Waals surface area (Å²) in [6, 6.07) is 3.01. The van der Waals surface area contributed by atoms with Crippen LogP contribution in [0, 0.1) is 15.9 Å². The molecule has 0 spiro atoms. The Kier molecular flexibility index (Phi) is 4.30. The van der Waals surface area contributed by atoms with E-state index in [9.17, 15) is 24.1 Å². The summed E-state index contributed by atoms with van der Waals surface area (Å²) < 4.78 is 17.7. The molecular formula is C10H8FNO6. The standard InChI is InChI=1S/C10H8FNO6/c11-7-3-6(1-2-8(7)12(16)17)5-18-10(15)4-9(13)14/h1-3H,4-5H2,(H,13,14). The van der Waals surface area contributed by atoms with Crippen LogP contribution in [-0.2, 0) is 20.9 Å². The number of rotatable bonds is 5. The second-order valence-corrected chi connectivity index (χ2v) is 3.27. The minimum absolute atomic E-state index is 0.192. The molecule has 0 amide bonds. The van der Waals surface area contributed by atoms with Crippen LogP contribution in [0.2, 0.25) is 0 Å². The molecule has 0 atom stereocenters. The maximum atomic E-state index is 13.2. The number of aliphatic carboxylic acids is 1. The number of ether oxygens (including phenoxy) is 1. The van der Waals surface area contributed by atoms with E-state index >= 15 is 0 Å². The maximum Gasteiger partial charge on any atom is 0.317 e. The summed E-state index contributed by atoms with van der Waals surface area (Å²) >= 11 is 0. The third-order valence-electron chi connectivity index (χ3n) is 1.90. The lowest BCUT2D eigenvalue weighted by Crippen LogP contribution is -2.10. The third-order valence-corrected chi connectivity index (χ3v) is 1.90. The molecule has 1 aromatic carbocycles. The van der Waals surface area contributed by atoms with E-state index in [-0.39, 0.29) is 12.2 Å². The first-order valence-corrected chi connectivity index (χ1v) is 4.70. The molecule has 8 heteroatoms. The lowest BCUT2D eigenvalue weighted by atomic mass is 10.2. The number of carbonyl (C=O) groups excluding carboxylic acids is 1. The molecule has 0 bridgehead atoms. The highest BCUT2D eigenvalue weighted by molar-refractivity contribution is 5.90. The van der Waals surface area contributed by atoms with Gasteiger partial charge in [-0.1, -0.05) is 0 Å². The minimum atomic E-state index is -1.34. The van der Waals surface area contributed by atoms with Gasteiger partial charge in [0.15, 0.2) is 0 Å². The average molecular weight is 257 g/mol. The Balaban J connectivity index is 2.64. The van der Waals surface area contributed by atoms with Gasteiger partial charge in [-0.2, -0.15) is 4.39 Å². The first kappa shape index (κ1) is 13.6. The molecule has 18 heavy (non-hydrogen) atoms. The SMILES string of the molecule is O=C(O)CC(=O)OCc1ccc([N+](=O)[O-])c(F)c1. The van der Waals surface area contributed by atoms with E-state index in [4.69, 9.17) is 5.11 Å². The summed E-state index contributed by atoms with van der Waals surface area (Å²) in [6.45, 7) is -0.346.